The van der Waals surface area contributed by atoms with E-state index in [2.05, 4.69) is 4.98 Å². The van der Waals surface area contributed by atoms with Crippen molar-refractivity contribution in [2.45, 2.75) is 13.8 Å². The highest BCUT2D eigenvalue weighted by Gasteiger charge is 2.29. The number of hydrogen-bond acceptors (Lipinski definition) is 4. The number of aromatic nitrogens is 2. The molecule has 3 heterocycles. The highest BCUT2D eigenvalue weighted by atomic mass is 19.1. The predicted molar refractivity (Wildman–Crippen MR) is 84.4 cm³/mol. The second kappa shape index (κ2) is 6.46. The first kappa shape index (κ1) is 16.2. The van der Waals surface area contributed by atoms with Gasteiger partial charge in [0.1, 0.15) is 5.65 Å². The zero-order chi connectivity index (χ0) is 17.3. The monoisotopic (exact) mass is 334 g/mol. The molecule has 2 aromatic rings. The van der Waals surface area contributed by atoms with Crippen LogP contribution in [0.15, 0.2) is 18.3 Å². The summed E-state index contributed by atoms with van der Waals surface area (Å²) in [6.07, 6.45) is 1.15. The van der Waals surface area contributed by atoms with Crippen LogP contribution in [-0.2, 0) is 4.74 Å². The number of carbonyl (C=O) groups is 2. The number of ether oxygens (including phenoxy) is 1. The zero-order valence-electron chi connectivity index (χ0n) is 13.7. The van der Waals surface area contributed by atoms with Crippen LogP contribution in [0.1, 0.15) is 23.0 Å². The second-order valence-corrected chi connectivity index (χ2v) is 5.61. The number of pyridine rings is 1. The number of fused-ring (bicyclic) bond motifs is 1. The summed E-state index contributed by atoms with van der Waals surface area (Å²) in [5.41, 5.74) is 1.04. The molecule has 0 N–H and O–H groups in total. The molecule has 1 saturated heterocycles. The van der Waals surface area contributed by atoms with Crippen LogP contribution in [0.3, 0.4) is 0 Å². The maximum absolute atomic E-state index is 14.5. The third kappa shape index (κ3) is 2.79. The molecule has 0 spiro atoms. The Kier molecular flexibility index (Phi) is 4.37. The van der Waals surface area contributed by atoms with Crippen molar-refractivity contribution in [2.75, 3.05) is 32.8 Å². The van der Waals surface area contributed by atoms with Crippen molar-refractivity contribution in [3.05, 3.63) is 35.5 Å². The molecule has 0 radical (unpaired) electrons. The van der Waals surface area contributed by atoms with Crippen molar-refractivity contribution in [2.24, 2.45) is 0 Å². The van der Waals surface area contributed by atoms with E-state index in [0.717, 1.165) is 5.56 Å². The maximum Gasteiger partial charge on any atom is 0.409 e. The van der Waals surface area contributed by atoms with E-state index in [1.807, 2.05) is 13.0 Å². The molecule has 2 aromatic heterocycles. The molecular weight excluding hydrogens is 315 g/mol. The Morgan fingerprint density at radius 3 is 2.54 bits per heavy atom. The van der Waals surface area contributed by atoms with Crippen molar-refractivity contribution >= 4 is 17.6 Å². The minimum Gasteiger partial charge on any atom is -0.450 e. The first-order valence-electron chi connectivity index (χ1n) is 7.87. The predicted octanol–water partition coefficient (Wildman–Crippen LogP) is 1.70. The van der Waals surface area contributed by atoms with Gasteiger partial charge in [-0.3, -0.25) is 9.20 Å². The van der Waals surface area contributed by atoms with Gasteiger partial charge >= 0.3 is 6.09 Å². The fourth-order valence-electron chi connectivity index (χ4n) is 2.77. The SMILES string of the molecule is CCOC(=O)N1CCN(C(=O)c2nc3c(C)cccn3c2F)CC1. The zero-order valence-corrected chi connectivity index (χ0v) is 13.7. The molecular formula is C16H19FN4O3. The standard InChI is InChI=1S/C16H19FN4O3/c1-3-24-16(23)20-9-7-19(8-10-20)15(22)12-13(17)21-6-4-5-11(2)14(21)18-12/h4-6H,3,7-10H2,1-2H3. The topological polar surface area (TPSA) is 67.2 Å². The number of carbonyl (C=O) groups excluding carboxylic acids is 2. The van der Waals surface area contributed by atoms with E-state index < -0.39 is 11.9 Å². The van der Waals surface area contributed by atoms with E-state index in [9.17, 15) is 14.0 Å². The maximum atomic E-state index is 14.5. The number of amides is 2. The quantitative estimate of drug-likeness (QED) is 0.838. The molecule has 0 saturated carbocycles. The lowest BCUT2D eigenvalue weighted by atomic mass is 10.3. The largest absolute Gasteiger partial charge is 0.450 e. The van der Waals surface area contributed by atoms with E-state index in [0.29, 0.717) is 38.4 Å². The number of hydrogen-bond donors (Lipinski definition) is 0. The normalized spacial score (nSPS) is 15.0. The van der Waals surface area contributed by atoms with Crippen LogP contribution in [0, 0.1) is 12.9 Å². The van der Waals surface area contributed by atoms with Gasteiger partial charge in [-0.2, -0.15) is 4.39 Å². The van der Waals surface area contributed by atoms with Gasteiger partial charge < -0.3 is 14.5 Å². The molecule has 0 aromatic carbocycles. The van der Waals surface area contributed by atoms with Gasteiger partial charge in [0.15, 0.2) is 5.69 Å². The van der Waals surface area contributed by atoms with E-state index in [1.54, 1.807) is 19.2 Å². The number of aryl methyl sites for hydroxylation is 1. The van der Waals surface area contributed by atoms with Gasteiger partial charge in [0.05, 0.1) is 6.61 Å². The molecule has 3 rings (SSSR count). The minimum atomic E-state index is -0.661. The molecule has 2 amide bonds. The summed E-state index contributed by atoms with van der Waals surface area (Å²) in [6, 6.07) is 3.52. The van der Waals surface area contributed by atoms with Crippen LogP contribution in [0.25, 0.3) is 5.65 Å². The molecule has 1 aliphatic heterocycles. The lowest BCUT2D eigenvalue weighted by Crippen LogP contribution is -2.50. The number of nitrogens with zero attached hydrogens (tertiary/aromatic N) is 4. The van der Waals surface area contributed by atoms with Crippen molar-refractivity contribution in [1.82, 2.24) is 19.2 Å². The molecule has 24 heavy (non-hydrogen) atoms. The Hall–Kier alpha value is -2.64. The van der Waals surface area contributed by atoms with Crippen LogP contribution in [0.4, 0.5) is 9.18 Å². The molecule has 1 fully saturated rings. The van der Waals surface area contributed by atoms with Crippen molar-refractivity contribution < 1.29 is 18.7 Å². The van der Waals surface area contributed by atoms with E-state index >= 15 is 0 Å². The minimum absolute atomic E-state index is 0.186. The van der Waals surface area contributed by atoms with Crippen molar-refractivity contribution in [3.8, 4) is 0 Å². The van der Waals surface area contributed by atoms with Crippen LogP contribution >= 0.6 is 0 Å². The lowest BCUT2D eigenvalue weighted by molar-refractivity contribution is 0.0562. The van der Waals surface area contributed by atoms with Crippen molar-refractivity contribution in [1.29, 1.82) is 0 Å². The summed E-state index contributed by atoms with van der Waals surface area (Å²) in [5.74, 6) is -1.12. The van der Waals surface area contributed by atoms with Gasteiger partial charge in [0.2, 0.25) is 5.95 Å². The van der Waals surface area contributed by atoms with E-state index in [-0.39, 0.29) is 11.8 Å². The van der Waals surface area contributed by atoms with Crippen LogP contribution in [-0.4, -0.2) is 64.0 Å². The smallest absolute Gasteiger partial charge is 0.409 e. The Morgan fingerprint density at radius 1 is 1.25 bits per heavy atom. The average Bonchev–Trinajstić information content (AvgIpc) is 2.93. The third-order valence-electron chi connectivity index (χ3n) is 4.08. The number of imidazole rings is 1. The van der Waals surface area contributed by atoms with E-state index in [1.165, 1.54) is 14.2 Å². The fraction of sp³-hybridized carbons (Fsp3) is 0.438. The fourth-order valence-corrected chi connectivity index (χ4v) is 2.77. The molecule has 0 atom stereocenters. The first-order chi connectivity index (χ1) is 11.5. The Morgan fingerprint density at radius 2 is 1.92 bits per heavy atom. The summed E-state index contributed by atoms with van der Waals surface area (Å²) in [4.78, 5) is 31.5. The summed E-state index contributed by atoms with van der Waals surface area (Å²) >= 11 is 0. The summed E-state index contributed by atoms with van der Waals surface area (Å²) < 4.78 is 20.7. The van der Waals surface area contributed by atoms with Gasteiger partial charge in [-0.05, 0) is 25.5 Å². The highest BCUT2D eigenvalue weighted by Crippen LogP contribution is 2.17. The van der Waals surface area contributed by atoms with Crippen LogP contribution in [0.2, 0.25) is 0 Å². The van der Waals surface area contributed by atoms with Crippen LogP contribution < -0.4 is 0 Å². The Bertz CT molecular complexity index is 781. The summed E-state index contributed by atoms with van der Waals surface area (Å²) in [5, 5.41) is 0. The molecule has 128 valence electrons. The van der Waals surface area contributed by atoms with E-state index in [4.69, 9.17) is 4.74 Å². The Labute approximate surface area is 138 Å². The first-order valence-corrected chi connectivity index (χ1v) is 7.87. The second-order valence-electron chi connectivity index (χ2n) is 5.61. The summed E-state index contributed by atoms with van der Waals surface area (Å²) in [7, 11) is 0. The molecule has 8 heteroatoms. The molecule has 0 aliphatic carbocycles. The molecule has 0 bridgehead atoms. The molecule has 0 unspecified atom stereocenters. The molecule has 7 nitrogen and oxygen atoms in total. The number of piperazine rings is 1. The van der Waals surface area contributed by atoms with Gasteiger partial charge in [0, 0.05) is 32.4 Å². The average molecular weight is 334 g/mol. The lowest BCUT2D eigenvalue weighted by Gasteiger charge is -2.33. The highest BCUT2D eigenvalue weighted by molar-refractivity contribution is 5.93. The Balaban J connectivity index is 1.75. The van der Waals surface area contributed by atoms with Gasteiger partial charge in [0.25, 0.3) is 5.91 Å². The van der Waals surface area contributed by atoms with Crippen LogP contribution in [0.5, 0.6) is 0 Å². The third-order valence-corrected chi connectivity index (χ3v) is 4.08. The van der Waals surface area contributed by atoms with Gasteiger partial charge in [-0.15, -0.1) is 0 Å². The number of rotatable bonds is 2. The van der Waals surface area contributed by atoms with Gasteiger partial charge in [-0.25, -0.2) is 9.78 Å². The number of halogens is 1. The molecule has 1 aliphatic rings. The summed E-state index contributed by atoms with van der Waals surface area (Å²) in [6.45, 7) is 5.23. The van der Waals surface area contributed by atoms with Crippen molar-refractivity contribution in [3.63, 3.8) is 0 Å². The van der Waals surface area contributed by atoms with Gasteiger partial charge in [-0.1, -0.05) is 6.07 Å².